The van der Waals surface area contributed by atoms with E-state index in [1.165, 1.54) is 6.92 Å². The Labute approximate surface area is 102 Å². The van der Waals surface area contributed by atoms with Crippen LogP contribution in [0.5, 0.6) is 0 Å². The van der Waals surface area contributed by atoms with Gasteiger partial charge in [-0.15, -0.1) is 4.89 Å². The van der Waals surface area contributed by atoms with Gasteiger partial charge in [0.2, 0.25) is 5.79 Å². The third kappa shape index (κ3) is 3.72. The van der Waals surface area contributed by atoms with Gasteiger partial charge in [0.05, 0.1) is 0 Å². The van der Waals surface area contributed by atoms with Crippen LogP contribution >= 0.6 is 8.25 Å². The Morgan fingerprint density at radius 3 is 2.29 bits per heavy atom. The van der Waals surface area contributed by atoms with Crippen LogP contribution in [0.2, 0.25) is 0 Å². The van der Waals surface area contributed by atoms with Crippen LogP contribution in [0.4, 0.5) is 0 Å². The number of allylic oxidation sites excluding steroid dienone is 1. The summed E-state index contributed by atoms with van der Waals surface area (Å²) in [6, 6.07) is 9.45. The van der Waals surface area contributed by atoms with Crippen LogP contribution in [-0.4, -0.2) is 15.8 Å². The van der Waals surface area contributed by atoms with Gasteiger partial charge in [0.15, 0.2) is 0 Å². The molecule has 0 radical (unpaired) electrons. The molecule has 0 saturated heterocycles. The van der Waals surface area contributed by atoms with Crippen LogP contribution < -0.4 is 0 Å². The highest BCUT2D eigenvalue weighted by atomic mass is 31.1. The van der Waals surface area contributed by atoms with Gasteiger partial charge in [-0.05, 0) is 37.5 Å². The Morgan fingerprint density at radius 1 is 1.29 bits per heavy atom. The van der Waals surface area contributed by atoms with Crippen LogP contribution in [0.15, 0.2) is 35.9 Å². The third-order valence-electron chi connectivity index (χ3n) is 2.72. The standard InChI is InChI=1S/C12H15O4P/c1-9(11-7-5-4-6-8-11)10(2)12(3,13)16-17(14)15/h4-8,13H,1-3H3/p+1/b10-9+/t12-/m0/s1. The van der Waals surface area contributed by atoms with Crippen molar-refractivity contribution in [2.75, 3.05) is 0 Å². The highest BCUT2D eigenvalue weighted by Gasteiger charge is 2.36. The molecule has 0 bridgehead atoms. The van der Waals surface area contributed by atoms with Crippen molar-refractivity contribution in [2.45, 2.75) is 26.6 Å². The fourth-order valence-corrected chi connectivity index (χ4v) is 1.91. The van der Waals surface area contributed by atoms with Gasteiger partial charge >= 0.3 is 8.25 Å². The van der Waals surface area contributed by atoms with Crippen LogP contribution in [0.3, 0.4) is 0 Å². The largest absolute Gasteiger partial charge is 0.698 e. The van der Waals surface area contributed by atoms with E-state index in [1.807, 2.05) is 37.3 Å². The van der Waals surface area contributed by atoms with Gasteiger partial charge in [-0.25, -0.2) is 0 Å². The van der Waals surface area contributed by atoms with Gasteiger partial charge in [-0.3, -0.25) is 0 Å². The molecule has 1 unspecified atom stereocenters. The minimum atomic E-state index is -2.85. The van der Waals surface area contributed by atoms with Crippen molar-refractivity contribution in [3.63, 3.8) is 0 Å². The van der Waals surface area contributed by atoms with E-state index in [1.54, 1.807) is 6.92 Å². The van der Waals surface area contributed by atoms with Crippen molar-refractivity contribution in [1.82, 2.24) is 0 Å². The molecule has 1 rings (SSSR count). The first-order chi connectivity index (χ1) is 7.84. The molecule has 0 heterocycles. The second-order valence-corrected chi connectivity index (χ2v) is 4.59. The number of rotatable bonds is 4. The molecule has 5 heteroatoms. The Hall–Kier alpha value is -1.06. The third-order valence-corrected chi connectivity index (χ3v) is 3.23. The lowest BCUT2D eigenvalue weighted by molar-refractivity contribution is -0.0878. The van der Waals surface area contributed by atoms with Gasteiger partial charge in [-0.2, -0.15) is 0 Å². The first-order valence-corrected chi connectivity index (χ1v) is 6.28. The normalized spacial score (nSPS) is 17.1. The summed E-state index contributed by atoms with van der Waals surface area (Å²) in [5.74, 6) is -1.75. The predicted molar refractivity (Wildman–Crippen MR) is 66.2 cm³/mol. The lowest BCUT2D eigenvalue weighted by atomic mass is 9.98. The zero-order valence-corrected chi connectivity index (χ0v) is 10.9. The molecule has 17 heavy (non-hydrogen) atoms. The monoisotopic (exact) mass is 255 g/mol. The Morgan fingerprint density at radius 2 is 1.82 bits per heavy atom. The molecule has 2 N–H and O–H groups in total. The molecule has 0 aliphatic rings. The first kappa shape index (κ1) is 14.0. The molecule has 0 aliphatic carbocycles. The van der Waals surface area contributed by atoms with Crippen LogP contribution in [0.25, 0.3) is 5.57 Å². The van der Waals surface area contributed by atoms with E-state index in [4.69, 9.17) is 4.89 Å². The van der Waals surface area contributed by atoms with E-state index in [0.717, 1.165) is 11.1 Å². The van der Waals surface area contributed by atoms with Gasteiger partial charge < -0.3 is 5.11 Å². The molecule has 92 valence electrons. The van der Waals surface area contributed by atoms with Gasteiger partial charge in [0, 0.05) is 4.57 Å². The Kier molecular flexibility index (Phi) is 4.54. The molecular weight excluding hydrogens is 239 g/mol. The summed E-state index contributed by atoms with van der Waals surface area (Å²) in [6.07, 6.45) is 0. The van der Waals surface area contributed by atoms with Crippen molar-refractivity contribution in [3.8, 4) is 0 Å². The first-order valence-electron chi connectivity index (χ1n) is 5.15. The molecule has 0 fully saturated rings. The van der Waals surface area contributed by atoms with Crippen molar-refractivity contribution in [3.05, 3.63) is 41.5 Å². The maximum absolute atomic E-state index is 10.6. The van der Waals surface area contributed by atoms with E-state index in [-0.39, 0.29) is 0 Å². The minimum absolute atomic E-state index is 0.501. The zero-order valence-electron chi connectivity index (χ0n) is 10.0. The van der Waals surface area contributed by atoms with Crippen molar-refractivity contribution < 1.29 is 19.1 Å². The molecule has 0 saturated carbocycles. The van der Waals surface area contributed by atoms with Crippen LogP contribution in [-0.2, 0) is 9.09 Å². The molecule has 1 aromatic rings. The smallest absolute Gasteiger partial charge is 0.359 e. The van der Waals surface area contributed by atoms with Gasteiger partial charge in [0.25, 0.3) is 0 Å². The summed E-state index contributed by atoms with van der Waals surface area (Å²) < 4.78 is 15.2. The van der Waals surface area contributed by atoms with Crippen LogP contribution in [0.1, 0.15) is 26.3 Å². The van der Waals surface area contributed by atoms with E-state index in [0.29, 0.717) is 5.57 Å². The average molecular weight is 255 g/mol. The molecule has 1 aromatic carbocycles. The van der Waals surface area contributed by atoms with Gasteiger partial charge in [-0.1, -0.05) is 34.9 Å². The summed E-state index contributed by atoms with van der Waals surface area (Å²) >= 11 is 0. The molecule has 4 nitrogen and oxygen atoms in total. The highest BCUT2D eigenvalue weighted by Crippen LogP contribution is 2.33. The molecule has 0 spiro atoms. The van der Waals surface area contributed by atoms with Crippen molar-refractivity contribution >= 4 is 13.8 Å². The fraction of sp³-hybridized carbons (Fsp3) is 0.333. The van der Waals surface area contributed by atoms with Crippen LogP contribution in [0, 0.1) is 0 Å². The molecular formula is C12H16O4P+. The van der Waals surface area contributed by atoms with E-state index < -0.39 is 14.0 Å². The highest BCUT2D eigenvalue weighted by molar-refractivity contribution is 7.32. The summed E-state index contributed by atoms with van der Waals surface area (Å²) in [6.45, 7) is 4.84. The summed E-state index contributed by atoms with van der Waals surface area (Å²) in [5.41, 5.74) is 2.25. The summed E-state index contributed by atoms with van der Waals surface area (Å²) in [5, 5.41) is 9.96. The number of aliphatic hydroxyl groups is 1. The number of hydrogen-bond acceptors (Lipinski definition) is 3. The number of benzene rings is 1. The van der Waals surface area contributed by atoms with Crippen molar-refractivity contribution in [2.24, 2.45) is 0 Å². The second-order valence-electron chi connectivity index (χ2n) is 3.93. The van der Waals surface area contributed by atoms with E-state index in [2.05, 4.69) is 4.52 Å². The lowest BCUT2D eigenvalue weighted by Crippen LogP contribution is -2.27. The summed E-state index contributed by atoms with van der Waals surface area (Å²) in [7, 11) is -2.85. The minimum Gasteiger partial charge on any atom is -0.359 e. The van der Waals surface area contributed by atoms with Crippen molar-refractivity contribution in [1.29, 1.82) is 0 Å². The quantitative estimate of drug-likeness (QED) is 0.641. The van der Waals surface area contributed by atoms with Gasteiger partial charge in [0.1, 0.15) is 0 Å². The lowest BCUT2D eigenvalue weighted by Gasteiger charge is -2.19. The molecule has 0 aliphatic heterocycles. The topological polar surface area (TPSA) is 66.8 Å². The Bertz CT molecular complexity index is 437. The fourth-order valence-electron chi connectivity index (χ4n) is 1.47. The van der Waals surface area contributed by atoms with E-state index in [9.17, 15) is 9.67 Å². The Balaban J connectivity index is 3.09. The van der Waals surface area contributed by atoms with E-state index >= 15 is 0 Å². The SMILES string of the molecule is C/C(=C(/C)[C@@](C)(O)O[P+](=O)O)c1ccccc1. The maximum Gasteiger partial charge on any atom is 0.698 e. The predicted octanol–water partition coefficient (Wildman–Crippen LogP) is 2.85. The second kappa shape index (κ2) is 5.52. The molecule has 2 atom stereocenters. The molecule has 0 aromatic heterocycles. The summed E-state index contributed by atoms with van der Waals surface area (Å²) in [4.78, 5) is 8.69. The zero-order chi connectivity index (χ0) is 13.1. The molecule has 0 amide bonds. The maximum atomic E-state index is 10.6. The number of hydrogen-bond donors (Lipinski definition) is 2. The average Bonchev–Trinajstić information content (AvgIpc) is 2.26.